The van der Waals surface area contributed by atoms with Gasteiger partial charge in [-0.3, -0.25) is 4.98 Å². The molecule has 0 saturated heterocycles. The molecule has 0 spiro atoms. The number of hydrogen-bond acceptors (Lipinski definition) is 5. The molecule has 98 valence electrons. The first kappa shape index (κ1) is 12.2. The number of rotatable bonds is 3. The van der Waals surface area contributed by atoms with E-state index >= 15 is 0 Å². The molecule has 0 radical (unpaired) electrons. The van der Waals surface area contributed by atoms with Crippen LogP contribution in [0, 0.1) is 0 Å². The molecule has 0 unspecified atom stereocenters. The fourth-order valence-electron chi connectivity index (χ4n) is 1.88. The molecule has 5 nitrogen and oxygen atoms in total. The van der Waals surface area contributed by atoms with Gasteiger partial charge in [-0.1, -0.05) is 11.6 Å². The first-order chi connectivity index (χ1) is 9.22. The molecule has 6 heteroatoms. The second kappa shape index (κ2) is 5.01. The zero-order chi connectivity index (χ0) is 13.2. The van der Waals surface area contributed by atoms with Gasteiger partial charge in [0.1, 0.15) is 5.75 Å². The summed E-state index contributed by atoms with van der Waals surface area (Å²) < 4.78 is 5.80. The van der Waals surface area contributed by atoms with Gasteiger partial charge in [0.2, 0.25) is 5.95 Å². The van der Waals surface area contributed by atoms with Gasteiger partial charge < -0.3 is 10.5 Å². The highest BCUT2D eigenvalue weighted by atomic mass is 35.5. The fourth-order valence-corrected chi connectivity index (χ4v) is 2.08. The monoisotopic (exact) mass is 276 g/mol. The molecular formula is C13H13ClN4O. The summed E-state index contributed by atoms with van der Waals surface area (Å²) >= 11 is 6.08. The van der Waals surface area contributed by atoms with Crippen molar-refractivity contribution in [3.05, 3.63) is 29.7 Å². The van der Waals surface area contributed by atoms with Crippen molar-refractivity contribution < 1.29 is 4.74 Å². The Hall–Kier alpha value is -1.88. The van der Waals surface area contributed by atoms with Crippen LogP contribution in [0.15, 0.2) is 24.7 Å². The van der Waals surface area contributed by atoms with Crippen LogP contribution < -0.4 is 10.5 Å². The van der Waals surface area contributed by atoms with E-state index in [9.17, 15) is 0 Å². The molecule has 0 atom stereocenters. The summed E-state index contributed by atoms with van der Waals surface area (Å²) in [6, 6.07) is 1.87. The predicted octanol–water partition coefficient (Wildman–Crippen LogP) is 2.71. The van der Waals surface area contributed by atoms with Gasteiger partial charge in [0, 0.05) is 11.8 Å². The maximum absolute atomic E-state index is 6.08. The molecule has 0 aromatic carbocycles. The molecule has 0 bridgehead atoms. The highest BCUT2D eigenvalue weighted by Gasteiger charge is 2.19. The van der Waals surface area contributed by atoms with Crippen molar-refractivity contribution in [3.63, 3.8) is 0 Å². The third kappa shape index (κ3) is 2.61. The lowest BCUT2D eigenvalue weighted by Gasteiger charge is -2.26. The van der Waals surface area contributed by atoms with E-state index in [1.165, 1.54) is 12.6 Å². The topological polar surface area (TPSA) is 73.9 Å². The van der Waals surface area contributed by atoms with E-state index in [0.717, 1.165) is 24.2 Å². The van der Waals surface area contributed by atoms with E-state index in [-0.39, 0.29) is 5.95 Å². The van der Waals surface area contributed by atoms with Gasteiger partial charge >= 0.3 is 0 Å². The molecule has 19 heavy (non-hydrogen) atoms. The Morgan fingerprint density at radius 2 is 2.11 bits per heavy atom. The third-order valence-corrected chi connectivity index (χ3v) is 3.38. The largest absolute Gasteiger partial charge is 0.489 e. The fraction of sp³-hybridized carbons (Fsp3) is 0.308. The van der Waals surface area contributed by atoms with Crippen molar-refractivity contribution in [3.8, 4) is 17.0 Å². The quantitative estimate of drug-likeness (QED) is 0.933. The van der Waals surface area contributed by atoms with Crippen LogP contribution in [0.4, 0.5) is 5.95 Å². The van der Waals surface area contributed by atoms with Gasteiger partial charge in [-0.05, 0) is 25.3 Å². The molecule has 2 N–H and O–H groups in total. The second-order valence-corrected chi connectivity index (χ2v) is 4.91. The maximum Gasteiger partial charge on any atom is 0.220 e. The summed E-state index contributed by atoms with van der Waals surface area (Å²) in [6.45, 7) is 0. The van der Waals surface area contributed by atoms with E-state index in [0.29, 0.717) is 16.8 Å². The van der Waals surface area contributed by atoms with E-state index in [1.54, 1.807) is 12.4 Å². The van der Waals surface area contributed by atoms with Gasteiger partial charge in [-0.15, -0.1) is 0 Å². The lowest BCUT2D eigenvalue weighted by atomic mass is 9.96. The minimum Gasteiger partial charge on any atom is -0.489 e. The van der Waals surface area contributed by atoms with E-state index in [2.05, 4.69) is 15.0 Å². The number of anilines is 1. The first-order valence-electron chi connectivity index (χ1n) is 6.12. The molecular weight excluding hydrogens is 264 g/mol. The van der Waals surface area contributed by atoms with Crippen LogP contribution in [0.5, 0.6) is 5.75 Å². The van der Waals surface area contributed by atoms with Crippen molar-refractivity contribution in [2.75, 3.05) is 5.73 Å². The van der Waals surface area contributed by atoms with Gasteiger partial charge in [0.25, 0.3) is 0 Å². The molecule has 1 fully saturated rings. The Kier molecular flexibility index (Phi) is 3.21. The van der Waals surface area contributed by atoms with Crippen LogP contribution in [0.1, 0.15) is 19.3 Å². The van der Waals surface area contributed by atoms with Crippen LogP contribution in [0.3, 0.4) is 0 Å². The number of halogens is 1. The standard InChI is InChI=1S/C13H13ClN4O/c14-11-7-17-13(15)18-12(11)8-4-10(6-16-5-8)19-9-2-1-3-9/h4-7,9H,1-3H2,(H2,15,17,18). The molecule has 1 aliphatic carbocycles. The summed E-state index contributed by atoms with van der Waals surface area (Å²) in [5.74, 6) is 0.917. The summed E-state index contributed by atoms with van der Waals surface area (Å²) in [6.07, 6.45) is 8.60. The number of pyridine rings is 1. The lowest BCUT2D eigenvalue weighted by Crippen LogP contribution is -2.24. The molecule has 1 aliphatic rings. The van der Waals surface area contributed by atoms with Crippen molar-refractivity contribution in [2.24, 2.45) is 0 Å². The van der Waals surface area contributed by atoms with E-state index in [4.69, 9.17) is 22.1 Å². The predicted molar refractivity (Wildman–Crippen MR) is 73.0 cm³/mol. The van der Waals surface area contributed by atoms with Gasteiger partial charge in [-0.25, -0.2) is 9.97 Å². The average molecular weight is 277 g/mol. The Bertz CT molecular complexity index is 601. The smallest absolute Gasteiger partial charge is 0.220 e. The Labute approximate surface area is 115 Å². The SMILES string of the molecule is Nc1ncc(Cl)c(-c2cncc(OC3CCC3)c2)n1. The number of hydrogen-bond donors (Lipinski definition) is 1. The number of aromatic nitrogens is 3. The van der Waals surface area contributed by atoms with E-state index in [1.807, 2.05) is 6.07 Å². The first-order valence-corrected chi connectivity index (χ1v) is 6.50. The summed E-state index contributed by atoms with van der Waals surface area (Å²) in [5, 5.41) is 0.441. The van der Waals surface area contributed by atoms with Crippen LogP contribution in [0.25, 0.3) is 11.3 Å². The second-order valence-electron chi connectivity index (χ2n) is 4.50. The van der Waals surface area contributed by atoms with Crippen molar-refractivity contribution in [1.82, 2.24) is 15.0 Å². The van der Waals surface area contributed by atoms with Crippen LogP contribution >= 0.6 is 11.6 Å². The Balaban J connectivity index is 1.91. The highest BCUT2D eigenvalue weighted by molar-refractivity contribution is 6.32. The van der Waals surface area contributed by atoms with Crippen LogP contribution in [-0.2, 0) is 0 Å². The number of nitrogens with zero attached hydrogens (tertiary/aromatic N) is 3. The average Bonchev–Trinajstić information content (AvgIpc) is 2.37. The molecule has 3 rings (SSSR count). The summed E-state index contributed by atoms with van der Waals surface area (Å²) in [5.41, 5.74) is 6.93. The maximum atomic E-state index is 6.08. The minimum absolute atomic E-state index is 0.185. The van der Waals surface area contributed by atoms with Crippen molar-refractivity contribution in [2.45, 2.75) is 25.4 Å². The van der Waals surface area contributed by atoms with Gasteiger partial charge in [0.15, 0.2) is 0 Å². The minimum atomic E-state index is 0.185. The summed E-state index contributed by atoms with van der Waals surface area (Å²) in [7, 11) is 0. The zero-order valence-electron chi connectivity index (χ0n) is 10.2. The zero-order valence-corrected chi connectivity index (χ0v) is 11.0. The highest BCUT2D eigenvalue weighted by Crippen LogP contribution is 2.30. The Morgan fingerprint density at radius 3 is 2.84 bits per heavy atom. The molecule has 0 amide bonds. The summed E-state index contributed by atoms with van der Waals surface area (Å²) in [4.78, 5) is 12.1. The number of ether oxygens (including phenoxy) is 1. The van der Waals surface area contributed by atoms with Crippen LogP contribution in [0.2, 0.25) is 5.02 Å². The normalized spacial score (nSPS) is 15.0. The molecule has 2 aromatic heterocycles. The molecule has 1 saturated carbocycles. The van der Waals surface area contributed by atoms with Gasteiger partial charge in [0.05, 0.1) is 29.2 Å². The van der Waals surface area contributed by atoms with E-state index < -0.39 is 0 Å². The third-order valence-electron chi connectivity index (χ3n) is 3.10. The van der Waals surface area contributed by atoms with Crippen LogP contribution in [-0.4, -0.2) is 21.1 Å². The lowest BCUT2D eigenvalue weighted by molar-refractivity contribution is 0.120. The van der Waals surface area contributed by atoms with Crippen molar-refractivity contribution >= 4 is 17.5 Å². The number of nitrogens with two attached hydrogens (primary N) is 1. The Morgan fingerprint density at radius 1 is 1.26 bits per heavy atom. The molecule has 2 aromatic rings. The molecule has 2 heterocycles. The van der Waals surface area contributed by atoms with Gasteiger partial charge in [-0.2, -0.15) is 0 Å². The number of nitrogen functional groups attached to an aromatic ring is 1. The molecule has 0 aliphatic heterocycles. The van der Waals surface area contributed by atoms with Crippen molar-refractivity contribution in [1.29, 1.82) is 0 Å².